The lowest BCUT2D eigenvalue weighted by Crippen LogP contribution is -3.00. The highest BCUT2D eigenvalue weighted by molar-refractivity contribution is 7.93. The van der Waals surface area contributed by atoms with Gasteiger partial charge < -0.3 is 91.3 Å². The van der Waals surface area contributed by atoms with Crippen LogP contribution in [0.25, 0.3) is 0 Å². The maximum absolute atomic E-state index is 14.4. The Morgan fingerprint density at radius 3 is 0.825 bits per heavy atom. The number of aryl methyl sites for hydroxylation is 3. The van der Waals surface area contributed by atoms with Gasteiger partial charge in [0.15, 0.2) is 0 Å². The molecule has 4 atom stereocenters. The number of para-hydroxylation sites is 4. The fraction of sp³-hybridized carbons (Fsp3) is 0.373. The molecule has 656 valence electrons. The van der Waals surface area contributed by atoms with Gasteiger partial charge in [-0.3, -0.25) is 36.4 Å². The number of quaternary nitrogens is 4. The quantitative estimate of drug-likeness (QED) is 0.0277. The summed E-state index contributed by atoms with van der Waals surface area (Å²) in [4.78, 5) is 43.1. The van der Waals surface area contributed by atoms with E-state index in [0.717, 1.165) is 72.9 Å². The molecule has 0 spiro atoms. The van der Waals surface area contributed by atoms with Gasteiger partial charge in [0.2, 0.25) is 0 Å². The Kier molecular flexibility index (Phi) is 38.8. The average Bonchev–Trinajstić information content (AvgIpc) is 1.64. The van der Waals surface area contributed by atoms with E-state index in [1.165, 1.54) is 74.8 Å². The summed E-state index contributed by atoms with van der Waals surface area (Å²) in [5.41, 5.74) is 8.83. The largest absolute Gasteiger partial charge is 1.00 e. The highest BCUT2D eigenvalue weighted by atomic mass is 35.5. The number of nitrogens with two attached hydrogens (primary N) is 4. The molecule has 24 nitrogen and oxygen atoms in total. The first-order chi connectivity index (χ1) is 54.9. The molecule has 0 amide bonds. The van der Waals surface area contributed by atoms with Gasteiger partial charge in [-0.05, 0) is 174 Å². The maximum Gasteiger partial charge on any atom is 0.303 e. The molecular weight excluding hydrogens is 1760 g/mol. The molecule has 4 aliphatic heterocycles. The summed E-state index contributed by atoms with van der Waals surface area (Å²) in [5, 5.41) is 43.4. The van der Waals surface area contributed by atoms with Crippen molar-refractivity contribution in [3.05, 3.63) is 234 Å². The number of unbranched alkanes of at least 4 members (excludes halogenated alkanes) is 8. The molecule has 0 aromatic heterocycles. The molecule has 12 N–H and O–H groups in total. The van der Waals surface area contributed by atoms with E-state index >= 15 is 0 Å². The number of halogens is 9. The van der Waals surface area contributed by atoms with E-state index in [4.69, 9.17) is 43.6 Å². The molecule has 120 heavy (non-hydrogen) atoms. The summed E-state index contributed by atoms with van der Waals surface area (Å²) in [6.07, 6.45) is 9.55. The third-order valence-corrected chi connectivity index (χ3v) is 29.3. The van der Waals surface area contributed by atoms with Crippen LogP contribution in [0.4, 0.5) is 35.9 Å². The van der Waals surface area contributed by atoms with Crippen LogP contribution in [0.3, 0.4) is 0 Å². The lowest BCUT2D eigenvalue weighted by molar-refractivity contribution is -0.687. The van der Waals surface area contributed by atoms with Gasteiger partial charge >= 0.3 is 23.9 Å². The predicted molar refractivity (Wildman–Crippen MR) is 437 cm³/mol. The minimum absolute atomic E-state index is 0. The van der Waals surface area contributed by atoms with Gasteiger partial charge in [-0.2, -0.15) is 0 Å². The third-order valence-electron chi connectivity index (χ3n) is 21.3. The van der Waals surface area contributed by atoms with Crippen LogP contribution in [-0.4, -0.2) is 132 Å². The van der Waals surface area contributed by atoms with Crippen molar-refractivity contribution in [1.82, 2.24) is 0 Å². The minimum Gasteiger partial charge on any atom is -1.00 e. The molecule has 0 saturated heterocycles. The molecule has 4 heterocycles. The molecule has 0 saturated carbocycles. The first-order valence-corrected chi connectivity index (χ1v) is 44.9. The van der Waals surface area contributed by atoms with E-state index in [-0.39, 0.29) is 112 Å². The topological polar surface area (TPSA) is 365 Å². The fourth-order valence-electron chi connectivity index (χ4n) is 14.9. The number of aliphatic carboxylic acids is 4. The molecule has 8 aromatic carbocycles. The zero-order valence-corrected chi connectivity index (χ0v) is 74.9. The summed E-state index contributed by atoms with van der Waals surface area (Å²) in [6, 6.07) is 39.1. The number of hydrogen-bond acceptors (Lipinski definition) is 12. The molecule has 4 unspecified atom stereocenters. The van der Waals surface area contributed by atoms with Crippen molar-refractivity contribution in [1.29, 1.82) is 0 Å². The van der Waals surface area contributed by atoms with Crippen molar-refractivity contribution in [2.45, 2.75) is 167 Å². The zero-order chi connectivity index (χ0) is 84.7. The van der Waals surface area contributed by atoms with E-state index in [1.54, 1.807) is 69.4 Å². The smallest absolute Gasteiger partial charge is 0.303 e. The van der Waals surface area contributed by atoms with E-state index in [9.17, 15) is 66.0 Å². The standard InChI is InChI=1S/C22H27ClN2O4S.C21H24ClFN2O4S.2C20H23FN2O4S.4ClH/c1-15-13-20-17(14-18(15)23)22(24-12-8-4-3-5-11-21(26)27)16-9-6-7-10-19(16)25(2)30(20,28)29;1-25-18-9-6-5-8-14(18)21(24-11-7-3-2-4-10-20(26)27)15-12-17(23)16(22)13-19(15)30(25,28)29;2*1-13-11-18-15(12-16(13)21)20(22-10-6-5-9-19(24)25)14-7-3-4-8-17(14)23(2)28(18,26)27;;;;/h6-7,9-10,13-14,22,24H,3-5,8,11-12H2,1-2H3,(H,26,27);5-6,8-9,12-13,21,24H,2-4,7,10-11H2,1H3,(H,26,27);2*3-4,7-8,11-12,20,22H,5-6,9-10H2,1-2H3,(H,24,25);4*1H. The van der Waals surface area contributed by atoms with Gasteiger partial charge in [-0.15, -0.1) is 0 Å². The Bertz CT molecular complexity index is 5110. The lowest BCUT2D eigenvalue weighted by Gasteiger charge is -2.20. The molecule has 4 aliphatic rings. The molecule has 12 rings (SSSR count). The Labute approximate surface area is 734 Å². The van der Waals surface area contributed by atoms with Crippen LogP contribution in [-0.2, 0) is 59.3 Å². The van der Waals surface area contributed by atoms with Crippen LogP contribution in [0, 0.1) is 38.2 Å². The Morgan fingerprint density at radius 1 is 0.317 bits per heavy atom. The van der Waals surface area contributed by atoms with E-state index < -0.39 is 99.5 Å². The summed E-state index contributed by atoms with van der Waals surface area (Å²) < 4.78 is 154. The number of carbonyl (C=O) groups is 4. The Balaban J connectivity index is 0.000000282. The number of nitrogens with zero attached hydrogens (tertiary/aromatic N) is 4. The number of hydrogen-bond donors (Lipinski definition) is 8. The molecule has 0 fully saturated rings. The monoisotopic (exact) mass is 1860 g/mol. The molecule has 0 aliphatic carbocycles. The van der Waals surface area contributed by atoms with Crippen LogP contribution in [0.2, 0.25) is 10.0 Å². The van der Waals surface area contributed by atoms with Crippen molar-refractivity contribution < 1.29 is 157 Å². The van der Waals surface area contributed by atoms with Crippen molar-refractivity contribution in [3.63, 3.8) is 0 Å². The Hall–Kier alpha value is -7.99. The second-order valence-electron chi connectivity index (χ2n) is 29.2. The third kappa shape index (κ3) is 24.3. The van der Waals surface area contributed by atoms with Crippen LogP contribution >= 0.6 is 23.2 Å². The van der Waals surface area contributed by atoms with Gasteiger partial charge in [0.25, 0.3) is 40.1 Å². The van der Waals surface area contributed by atoms with Crippen molar-refractivity contribution in [3.8, 4) is 0 Å². The van der Waals surface area contributed by atoms with Crippen LogP contribution in [0.1, 0.15) is 188 Å². The Morgan fingerprint density at radius 2 is 0.542 bits per heavy atom. The highest BCUT2D eigenvalue weighted by Gasteiger charge is 2.42. The normalized spacial score (nSPS) is 16.8. The lowest BCUT2D eigenvalue weighted by atomic mass is 9.95. The van der Waals surface area contributed by atoms with Gasteiger partial charge in [0, 0.05) is 103 Å². The summed E-state index contributed by atoms with van der Waals surface area (Å²) in [6.45, 7) is 7.61. The van der Waals surface area contributed by atoms with Crippen LogP contribution in [0.5, 0.6) is 0 Å². The number of fused-ring (bicyclic) bond motifs is 8. The number of benzene rings is 8. The highest BCUT2D eigenvalue weighted by Crippen LogP contribution is 2.45. The minimum atomic E-state index is -3.89. The number of sulfonamides is 4. The SMILES string of the molecule is CN1c2ccccc2C([NH2+]CCCCCCC(=O)O)c2cc(F)c(Cl)cc2S1(=O)=O.Cc1cc2c(cc1Cl)C([NH2+]CCCCCCC(=O)O)c1ccccc1N(C)S2(=O)=O.Cc1cc2c(cc1F)C([NH2+]CCCCC(=O)O)c1ccccc1N(C)S2(=O)=O.Cc1cc2c(cc1F)C([NH2+]CCCCC(=O)O)c1ccccc1N(C)S2(=O)=O.[Cl-].[Cl-].[Cl-].[Cl-]. The van der Waals surface area contributed by atoms with E-state index in [0.29, 0.717) is 113 Å². The summed E-state index contributed by atoms with van der Waals surface area (Å²) >= 11 is 12.3. The zero-order valence-electron chi connectivity index (χ0n) is 67.1. The molecule has 8 aromatic rings. The predicted octanol–water partition coefficient (Wildman–Crippen LogP) is -0.843. The number of rotatable bonds is 28. The van der Waals surface area contributed by atoms with Crippen LogP contribution in [0.15, 0.2) is 165 Å². The average molecular weight is 1860 g/mol. The number of anilines is 4. The molecule has 0 radical (unpaired) electrons. The second-order valence-corrected chi connectivity index (χ2v) is 37.7. The van der Waals surface area contributed by atoms with Crippen molar-refractivity contribution in [2.24, 2.45) is 0 Å². The van der Waals surface area contributed by atoms with Crippen molar-refractivity contribution >= 4 is 110 Å². The molecule has 37 heteroatoms. The van der Waals surface area contributed by atoms with Crippen LogP contribution < -0.4 is 88.1 Å². The van der Waals surface area contributed by atoms with Gasteiger partial charge in [0.1, 0.15) is 41.6 Å². The fourth-order valence-corrected chi connectivity index (χ4v) is 21.4. The van der Waals surface area contributed by atoms with Crippen molar-refractivity contribution in [2.75, 3.05) is 71.6 Å². The first kappa shape index (κ1) is 103. The van der Waals surface area contributed by atoms with Gasteiger partial charge in [0.05, 0.1) is 73.5 Å². The summed E-state index contributed by atoms with van der Waals surface area (Å²) in [5.74, 6) is -4.77. The second kappa shape index (κ2) is 45.4. The number of carboxylic acid groups (broad SMARTS) is 4. The van der Waals surface area contributed by atoms with E-state index in [2.05, 4.69) is 5.32 Å². The number of carboxylic acids is 4. The van der Waals surface area contributed by atoms with E-state index in [1.807, 2.05) is 83.5 Å². The van der Waals surface area contributed by atoms with Gasteiger partial charge in [-0.25, -0.2) is 46.8 Å². The van der Waals surface area contributed by atoms with Gasteiger partial charge in [-0.1, -0.05) is 109 Å². The first-order valence-electron chi connectivity index (χ1n) is 38.3. The summed E-state index contributed by atoms with van der Waals surface area (Å²) in [7, 11) is -9.13. The maximum atomic E-state index is 14.4. The molecular formula is C83H101Cl6F3N8O16S4. The molecule has 0 bridgehead atoms.